The fraction of sp³-hybridized carbons (Fsp3) is 0.385. The fourth-order valence-electron chi connectivity index (χ4n) is 5.44. The molecule has 0 radical (unpaired) electrons. The van der Waals surface area contributed by atoms with Gasteiger partial charge in [-0.1, -0.05) is 48.5 Å². The molecule has 1 saturated heterocycles. The number of carbonyl (C=O) groups is 2. The van der Waals surface area contributed by atoms with Gasteiger partial charge in [0.05, 0.1) is 16.6 Å². The van der Waals surface area contributed by atoms with E-state index >= 15 is 0 Å². The lowest BCUT2D eigenvalue weighted by molar-refractivity contribution is -0.934. The molecule has 0 spiro atoms. The molecule has 3 unspecified atom stereocenters. The molecule has 0 bridgehead atoms. The van der Waals surface area contributed by atoms with Crippen LogP contribution in [0.4, 0.5) is 0 Å². The van der Waals surface area contributed by atoms with Crippen LogP contribution < -0.4 is 5.06 Å². The van der Waals surface area contributed by atoms with Gasteiger partial charge in [0.15, 0.2) is 0 Å². The minimum atomic E-state index is -2.19. The van der Waals surface area contributed by atoms with Crippen LogP contribution in [0.15, 0.2) is 60.8 Å². The summed E-state index contributed by atoms with van der Waals surface area (Å²) < 4.78 is 0. The number of nitrogens with zero attached hydrogens (tertiary/aromatic N) is 1. The van der Waals surface area contributed by atoms with Crippen molar-refractivity contribution in [3.8, 4) is 0 Å². The molecule has 7 heteroatoms. The number of Topliss-reactive ketones (excluding diaryl/α,β-unsaturated/α-hetero) is 1. The zero-order valence-electron chi connectivity index (χ0n) is 19.3. The number of aromatic carboxylic acids is 1. The van der Waals surface area contributed by atoms with Crippen molar-refractivity contribution < 1.29 is 24.9 Å². The van der Waals surface area contributed by atoms with Crippen LogP contribution in [-0.2, 0) is 10.5 Å². The minimum absolute atomic E-state index is 0.0195. The number of nitrogens with one attached hydrogen (secondary N) is 1. The van der Waals surface area contributed by atoms with Gasteiger partial charge in [-0.25, -0.2) is 4.79 Å². The number of hydrogen-bond donors (Lipinski definition) is 3. The third-order valence-corrected chi connectivity index (χ3v) is 7.27. The number of carbonyl (C=O) groups excluding carboxylic acids is 1. The SMILES string of the molecule is CC1(C)CC(CN2C=C(c3ccccc3)C(=O)C2(O)c2ccccc2C(=O)O)C(C)(C)[NH+]1[O-]. The Balaban J connectivity index is 1.84. The molecule has 7 nitrogen and oxygen atoms in total. The van der Waals surface area contributed by atoms with Crippen molar-refractivity contribution in [3.63, 3.8) is 0 Å². The van der Waals surface area contributed by atoms with Crippen LogP contribution in [0.1, 0.15) is 55.6 Å². The average Bonchev–Trinajstić information content (AvgIpc) is 3.12. The maximum atomic E-state index is 13.7. The first-order valence-electron chi connectivity index (χ1n) is 11.1. The highest BCUT2D eigenvalue weighted by molar-refractivity contribution is 6.26. The van der Waals surface area contributed by atoms with Crippen molar-refractivity contribution in [1.29, 1.82) is 0 Å². The Labute approximate surface area is 193 Å². The molecule has 33 heavy (non-hydrogen) atoms. The van der Waals surface area contributed by atoms with E-state index in [2.05, 4.69) is 0 Å². The van der Waals surface area contributed by atoms with Crippen molar-refractivity contribution in [2.24, 2.45) is 5.92 Å². The van der Waals surface area contributed by atoms with E-state index in [1.165, 1.54) is 17.0 Å². The highest BCUT2D eigenvalue weighted by atomic mass is 16.5. The molecule has 1 fully saturated rings. The van der Waals surface area contributed by atoms with Crippen LogP contribution in [0.3, 0.4) is 0 Å². The van der Waals surface area contributed by atoms with Gasteiger partial charge in [0, 0.05) is 36.2 Å². The van der Waals surface area contributed by atoms with Crippen molar-refractivity contribution in [2.45, 2.75) is 50.9 Å². The predicted octanol–water partition coefficient (Wildman–Crippen LogP) is 2.42. The lowest BCUT2D eigenvalue weighted by Crippen LogP contribution is -3.19. The summed E-state index contributed by atoms with van der Waals surface area (Å²) in [7, 11) is 0. The van der Waals surface area contributed by atoms with Crippen LogP contribution in [0, 0.1) is 11.1 Å². The van der Waals surface area contributed by atoms with Crippen molar-refractivity contribution in [2.75, 3.05) is 6.54 Å². The summed E-state index contributed by atoms with van der Waals surface area (Å²) in [5.41, 5.74) is -2.52. The standard InChI is InChI=1S/C26H30N2O5/c1-24(2)14-18(25(3,4)28(24)33)15-27-16-20(17-10-6-5-7-11-17)22(29)26(27,32)21-13-9-8-12-19(21)23(30)31/h5-13,16,18,28,32H,14-15H2,1-4H3,(H,30,31). The number of aliphatic hydroxyl groups is 1. The number of ketones is 1. The number of hydrogen-bond acceptors (Lipinski definition) is 5. The van der Waals surface area contributed by atoms with Gasteiger partial charge < -0.3 is 25.4 Å². The maximum absolute atomic E-state index is 13.7. The molecule has 0 aliphatic carbocycles. The van der Waals surface area contributed by atoms with Crippen LogP contribution in [0.2, 0.25) is 0 Å². The first-order chi connectivity index (χ1) is 15.4. The second kappa shape index (κ2) is 7.80. The van der Waals surface area contributed by atoms with E-state index in [0.29, 0.717) is 17.6 Å². The molecule has 2 aromatic carbocycles. The largest absolute Gasteiger partial charge is 0.634 e. The summed E-state index contributed by atoms with van der Waals surface area (Å²) in [6.45, 7) is 7.87. The van der Waals surface area contributed by atoms with Crippen molar-refractivity contribution in [1.82, 2.24) is 4.90 Å². The second-order valence-corrected chi connectivity index (χ2v) is 10.2. The third-order valence-electron chi connectivity index (χ3n) is 7.27. The molecule has 0 saturated carbocycles. The van der Waals surface area contributed by atoms with Crippen molar-refractivity contribution >= 4 is 17.3 Å². The molecular weight excluding hydrogens is 420 g/mol. The van der Waals surface area contributed by atoms with Gasteiger partial charge >= 0.3 is 5.97 Å². The van der Waals surface area contributed by atoms with Crippen molar-refractivity contribution in [3.05, 3.63) is 82.7 Å². The van der Waals surface area contributed by atoms with Gasteiger partial charge in [0.25, 0.3) is 0 Å². The Morgan fingerprint density at radius 1 is 1.09 bits per heavy atom. The molecule has 0 aromatic heterocycles. The van der Waals surface area contributed by atoms with E-state index in [0.717, 1.165) is 0 Å². The molecule has 2 aromatic rings. The van der Waals surface area contributed by atoms with Crippen LogP contribution in [0.25, 0.3) is 5.57 Å². The third kappa shape index (κ3) is 3.57. The van der Waals surface area contributed by atoms with Gasteiger partial charge in [0.1, 0.15) is 0 Å². The van der Waals surface area contributed by atoms with E-state index in [9.17, 15) is 25.0 Å². The summed E-state index contributed by atoms with van der Waals surface area (Å²) in [6.07, 6.45) is 2.22. The number of benzene rings is 2. The van der Waals surface area contributed by atoms with E-state index in [4.69, 9.17) is 0 Å². The zero-order valence-corrected chi connectivity index (χ0v) is 19.3. The summed E-state index contributed by atoms with van der Waals surface area (Å²) in [6, 6.07) is 15.0. The summed E-state index contributed by atoms with van der Waals surface area (Å²) in [4.78, 5) is 27.2. The molecule has 3 N–H and O–H groups in total. The Hall–Kier alpha value is -3.00. The Bertz CT molecular complexity index is 1120. The van der Waals surface area contributed by atoms with E-state index in [1.54, 1.807) is 42.6 Å². The molecule has 2 heterocycles. The average molecular weight is 451 g/mol. The summed E-state index contributed by atoms with van der Waals surface area (Å²) in [5, 5.41) is 34.9. The number of quaternary nitrogens is 1. The van der Waals surface area contributed by atoms with Gasteiger partial charge in [0.2, 0.25) is 11.5 Å². The lowest BCUT2D eigenvalue weighted by atomic mass is 9.85. The number of rotatable bonds is 5. The van der Waals surface area contributed by atoms with Gasteiger partial charge in [-0.05, 0) is 39.3 Å². The van der Waals surface area contributed by atoms with E-state index in [1.807, 2.05) is 33.8 Å². The Morgan fingerprint density at radius 3 is 2.27 bits per heavy atom. The number of carboxylic acid groups (broad SMARTS) is 1. The fourth-order valence-corrected chi connectivity index (χ4v) is 5.44. The van der Waals surface area contributed by atoms with Gasteiger partial charge in [-0.2, -0.15) is 0 Å². The molecule has 2 aliphatic heterocycles. The van der Waals surface area contributed by atoms with E-state index < -0.39 is 28.6 Å². The molecule has 2 aliphatic rings. The first kappa shape index (κ1) is 23.2. The smallest absolute Gasteiger partial charge is 0.336 e. The number of hydroxylamine groups is 2. The van der Waals surface area contributed by atoms with Crippen LogP contribution in [0.5, 0.6) is 0 Å². The Kier molecular flexibility index (Phi) is 5.47. The topological polar surface area (TPSA) is 105 Å². The zero-order chi connectivity index (χ0) is 24.2. The summed E-state index contributed by atoms with van der Waals surface area (Å²) in [5.74, 6) is -1.94. The molecule has 0 amide bonds. The minimum Gasteiger partial charge on any atom is -0.634 e. The molecular formula is C26H30N2O5. The van der Waals surface area contributed by atoms with Gasteiger partial charge in [-0.15, -0.1) is 0 Å². The normalized spacial score (nSPS) is 28.1. The highest BCUT2D eigenvalue weighted by Gasteiger charge is 2.56. The quantitative estimate of drug-likeness (QED) is 0.605. The van der Waals surface area contributed by atoms with E-state index in [-0.39, 0.29) is 28.7 Å². The monoisotopic (exact) mass is 450 g/mol. The maximum Gasteiger partial charge on any atom is 0.336 e. The number of carboxylic acids is 1. The highest BCUT2D eigenvalue weighted by Crippen LogP contribution is 2.43. The predicted molar refractivity (Wildman–Crippen MR) is 124 cm³/mol. The molecule has 4 rings (SSSR count). The van der Waals surface area contributed by atoms with Gasteiger partial charge in [-0.3, -0.25) is 4.79 Å². The summed E-state index contributed by atoms with van der Waals surface area (Å²) >= 11 is 0. The molecule has 3 atom stereocenters. The lowest BCUT2D eigenvalue weighted by Gasteiger charge is -2.43. The Morgan fingerprint density at radius 2 is 1.70 bits per heavy atom. The van der Waals surface area contributed by atoms with Crippen LogP contribution in [-0.4, -0.2) is 44.5 Å². The van der Waals surface area contributed by atoms with Crippen LogP contribution >= 0.6 is 0 Å². The second-order valence-electron chi connectivity index (χ2n) is 10.2. The first-order valence-corrected chi connectivity index (χ1v) is 11.1. The molecule has 174 valence electrons.